The van der Waals surface area contributed by atoms with Gasteiger partial charge < -0.3 is 10.2 Å². The maximum absolute atomic E-state index is 11.2. The fraction of sp³-hybridized carbons (Fsp3) is 0.214. The van der Waals surface area contributed by atoms with Crippen LogP contribution in [-0.4, -0.2) is 27.9 Å². The van der Waals surface area contributed by atoms with Crippen LogP contribution in [0.3, 0.4) is 0 Å². The van der Waals surface area contributed by atoms with Gasteiger partial charge in [0.05, 0.1) is 6.42 Å². The number of ketones is 1. The molecule has 0 amide bonds. The third-order valence-corrected chi connectivity index (χ3v) is 2.43. The predicted molar refractivity (Wildman–Crippen MR) is 68.8 cm³/mol. The Kier molecular flexibility index (Phi) is 5.00. The number of benzene rings is 1. The number of carboxylic acids is 2. The van der Waals surface area contributed by atoms with Crippen LogP contribution in [-0.2, 0) is 27.2 Å². The van der Waals surface area contributed by atoms with Gasteiger partial charge in [-0.1, -0.05) is 18.2 Å². The fourth-order valence-corrected chi connectivity index (χ4v) is 1.69. The van der Waals surface area contributed by atoms with Crippen molar-refractivity contribution in [1.29, 1.82) is 0 Å². The number of rotatable bonds is 6. The summed E-state index contributed by atoms with van der Waals surface area (Å²) in [4.78, 5) is 32.3. The molecular formula is C14H14O5. The zero-order valence-corrected chi connectivity index (χ0v) is 10.4. The summed E-state index contributed by atoms with van der Waals surface area (Å²) in [5, 5.41) is 17.3. The average molecular weight is 262 g/mol. The first-order valence-electron chi connectivity index (χ1n) is 5.62. The Balaban J connectivity index is 3.10. The highest BCUT2D eigenvalue weighted by molar-refractivity contribution is 5.85. The lowest BCUT2D eigenvalue weighted by Gasteiger charge is -2.07. The quantitative estimate of drug-likeness (QED) is 0.759. The van der Waals surface area contributed by atoms with Crippen molar-refractivity contribution in [3.05, 3.63) is 41.0 Å². The third kappa shape index (κ3) is 5.16. The summed E-state index contributed by atoms with van der Waals surface area (Å²) in [6.45, 7) is 1.42. The molecule has 1 aromatic rings. The molecule has 0 aliphatic heterocycles. The Morgan fingerprint density at radius 3 is 2.32 bits per heavy atom. The topological polar surface area (TPSA) is 91.7 Å². The molecule has 0 spiro atoms. The van der Waals surface area contributed by atoms with Crippen LogP contribution in [0.15, 0.2) is 24.3 Å². The largest absolute Gasteiger partial charge is 0.481 e. The van der Waals surface area contributed by atoms with Crippen molar-refractivity contribution in [2.45, 2.75) is 19.8 Å². The van der Waals surface area contributed by atoms with Crippen molar-refractivity contribution < 1.29 is 24.6 Å². The first kappa shape index (κ1) is 14.6. The fourth-order valence-electron chi connectivity index (χ4n) is 1.69. The van der Waals surface area contributed by atoms with Gasteiger partial charge in [-0.2, -0.15) is 0 Å². The molecule has 0 atom stereocenters. The monoisotopic (exact) mass is 262 g/mol. The van der Waals surface area contributed by atoms with Gasteiger partial charge in [-0.15, -0.1) is 0 Å². The predicted octanol–water partition coefficient (Wildman–Crippen LogP) is 1.54. The van der Waals surface area contributed by atoms with Crippen LogP contribution in [0.4, 0.5) is 0 Å². The molecule has 0 aliphatic rings. The highest BCUT2D eigenvalue weighted by Gasteiger charge is 2.09. The second-order valence-electron chi connectivity index (χ2n) is 4.15. The van der Waals surface area contributed by atoms with Gasteiger partial charge in [0.25, 0.3) is 0 Å². The Hall–Kier alpha value is -2.43. The van der Waals surface area contributed by atoms with E-state index in [1.807, 2.05) is 0 Å². The van der Waals surface area contributed by atoms with E-state index in [4.69, 9.17) is 10.2 Å². The van der Waals surface area contributed by atoms with Crippen LogP contribution < -0.4 is 0 Å². The first-order chi connectivity index (χ1) is 8.88. The molecule has 0 unspecified atom stereocenters. The van der Waals surface area contributed by atoms with Gasteiger partial charge in [-0.3, -0.25) is 9.59 Å². The lowest BCUT2D eigenvalue weighted by Crippen LogP contribution is -2.06. The molecule has 0 bridgehead atoms. The van der Waals surface area contributed by atoms with E-state index in [0.717, 1.165) is 6.08 Å². The molecule has 0 heterocycles. The molecule has 5 heteroatoms. The summed E-state index contributed by atoms with van der Waals surface area (Å²) in [5.41, 5.74) is 1.80. The number of carbonyl (C=O) groups is 3. The molecule has 0 aliphatic carbocycles. The standard InChI is InChI=1S/C14H14O5/c1-9(15)6-12-7-10(3-5-13(16)17)2-4-11(12)8-14(18)19/h2-5,7H,6,8H2,1H3,(H,16,17)(H,18,19)/b5-3+. The minimum absolute atomic E-state index is 0.0778. The van der Waals surface area contributed by atoms with Crippen molar-refractivity contribution >= 4 is 23.8 Å². The lowest BCUT2D eigenvalue weighted by atomic mass is 9.97. The number of hydrogen-bond acceptors (Lipinski definition) is 3. The van der Waals surface area contributed by atoms with Crippen LogP contribution in [0.2, 0.25) is 0 Å². The van der Waals surface area contributed by atoms with E-state index in [1.165, 1.54) is 13.0 Å². The summed E-state index contributed by atoms with van der Waals surface area (Å²) in [5.74, 6) is -2.12. The van der Waals surface area contributed by atoms with Crippen molar-refractivity contribution in [2.24, 2.45) is 0 Å². The van der Waals surface area contributed by atoms with E-state index in [1.54, 1.807) is 18.2 Å². The molecular weight excluding hydrogens is 248 g/mol. The molecule has 1 rings (SSSR count). The Morgan fingerprint density at radius 2 is 1.79 bits per heavy atom. The lowest BCUT2D eigenvalue weighted by molar-refractivity contribution is -0.136. The molecule has 19 heavy (non-hydrogen) atoms. The van der Waals surface area contributed by atoms with Crippen LogP contribution in [0.5, 0.6) is 0 Å². The van der Waals surface area contributed by atoms with Crippen LogP contribution in [0.1, 0.15) is 23.6 Å². The van der Waals surface area contributed by atoms with E-state index in [2.05, 4.69) is 0 Å². The van der Waals surface area contributed by atoms with Crippen LogP contribution in [0.25, 0.3) is 6.08 Å². The molecule has 100 valence electrons. The number of aliphatic carboxylic acids is 2. The van der Waals surface area contributed by atoms with Crippen molar-refractivity contribution in [3.8, 4) is 0 Å². The number of hydrogen-bond donors (Lipinski definition) is 2. The van der Waals surface area contributed by atoms with Gasteiger partial charge in [-0.05, 0) is 29.7 Å². The molecule has 0 saturated carbocycles. The normalized spacial score (nSPS) is 10.6. The molecule has 0 radical (unpaired) electrons. The van der Waals surface area contributed by atoms with Crippen LogP contribution >= 0.6 is 0 Å². The van der Waals surface area contributed by atoms with Crippen molar-refractivity contribution in [3.63, 3.8) is 0 Å². The van der Waals surface area contributed by atoms with E-state index in [9.17, 15) is 14.4 Å². The number of carboxylic acid groups (broad SMARTS) is 2. The maximum Gasteiger partial charge on any atom is 0.328 e. The van der Waals surface area contributed by atoms with Crippen LogP contribution in [0, 0.1) is 0 Å². The molecule has 1 aromatic carbocycles. The Morgan fingerprint density at radius 1 is 1.11 bits per heavy atom. The SMILES string of the molecule is CC(=O)Cc1cc(/C=C/C(=O)O)ccc1CC(=O)O. The minimum atomic E-state index is -1.07. The Bertz CT molecular complexity index is 543. The minimum Gasteiger partial charge on any atom is -0.481 e. The Labute approximate surface area is 110 Å². The molecule has 5 nitrogen and oxygen atoms in total. The van der Waals surface area contributed by atoms with E-state index < -0.39 is 11.9 Å². The van der Waals surface area contributed by atoms with E-state index >= 15 is 0 Å². The maximum atomic E-state index is 11.2. The first-order valence-corrected chi connectivity index (χ1v) is 5.62. The van der Waals surface area contributed by atoms with Crippen molar-refractivity contribution in [1.82, 2.24) is 0 Å². The smallest absolute Gasteiger partial charge is 0.328 e. The zero-order chi connectivity index (χ0) is 14.4. The molecule has 0 fully saturated rings. The van der Waals surface area contributed by atoms with E-state index in [-0.39, 0.29) is 18.6 Å². The second-order valence-corrected chi connectivity index (χ2v) is 4.15. The second kappa shape index (κ2) is 6.49. The van der Waals surface area contributed by atoms with Gasteiger partial charge in [0.1, 0.15) is 5.78 Å². The van der Waals surface area contributed by atoms with Gasteiger partial charge >= 0.3 is 11.9 Å². The molecule has 0 saturated heterocycles. The zero-order valence-electron chi connectivity index (χ0n) is 10.4. The summed E-state index contributed by atoms with van der Waals surface area (Å²) in [6, 6.07) is 4.87. The summed E-state index contributed by atoms with van der Waals surface area (Å²) >= 11 is 0. The third-order valence-electron chi connectivity index (χ3n) is 2.43. The average Bonchev–Trinajstić information content (AvgIpc) is 2.28. The number of Topliss-reactive ketones (excluding diaryl/α,β-unsaturated/α-hetero) is 1. The van der Waals surface area contributed by atoms with Gasteiger partial charge in [0.2, 0.25) is 0 Å². The summed E-state index contributed by atoms with van der Waals surface area (Å²) in [6.07, 6.45) is 2.36. The van der Waals surface area contributed by atoms with Gasteiger partial charge in [-0.25, -0.2) is 4.79 Å². The summed E-state index contributed by atoms with van der Waals surface area (Å²) in [7, 11) is 0. The molecule has 2 N–H and O–H groups in total. The number of carbonyl (C=O) groups excluding carboxylic acids is 1. The van der Waals surface area contributed by atoms with Crippen molar-refractivity contribution in [2.75, 3.05) is 0 Å². The highest BCUT2D eigenvalue weighted by atomic mass is 16.4. The highest BCUT2D eigenvalue weighted by Crippen LogP contribution is 2.15. The van der Waals surface area contributed by atoms with E-state index in [0.29, 0.717) is 16.7 Å². The molecule has 0 aromatic heterocycles. The van der Waals surface area contributed by atoms with Gasteiger partial charge in [0, 0.05) is 12.5 Å². The van der Waals surface area contributed by atoms with Gasteiger partial charge in [0.15, 0.2) is 0 Å². The summed E-state index contributed by atoms with van der Waals surface area (Å²) < 4.78 is 0.